The van der Waals surface area contributed by atoms with Gasteiger partial charge >= 0.3 is 0 Å². The minimum Gasteiger partial charge on any atom is -0.398 e. The van der Waals surface area contributed by atoms with Gasteiger partial charge in [0.2, 0.25) is 6.41 Å². The van der Waals surface area contributed by atoms with E-state index in [9.17, 15) is 4.79 Å². The van der Waals surface area contributed by atoms with Crippen LogP contribution < -0.4 is 11.1 Å². The summed E-state index contributed by atoms with van der Waals surface area (Å²) in [4.78, 5) is 15.9. The van der Waals surface area contributed by atoms with E-state index in [4.69, 9.17) is 22.3 Å². The highest BCUT2D eigenvalue weighted by Gasteiger charge is 2.40. The average Bonchev–Trinajstić information content (AvgIpc) is 2.50. The van der Waals surface area contributed by atoms with Crippen molar-refractivity contribution in [2.24, 2.45) is 5.92 Å². The van der Waals surface area contributed by atoms with Crippen molar-refractivity contribution in [3.05, 3.63) is 46.1 Å². The summed E-state index contributed by atoms with van der Waals surface area (Å²) in [6.07, 6.45) is 4.77. The van der Waals surface area contributed by atoms with Crippen LogP contribution in [0.25, 0.3) is 10.9 Å². The fraction of sp³-hybridized carbons (Fsp3) is 0.333. The number of hydrogen-bond acceptors (Lipinski definition) is 3. The Morgan fingerprint density at radius 2 is 2.22 bits per heavy atom. The highest BCUT2D eigenvalue weighted by atomic mass is 35.5. The summed E-state index contributed by atoms with van der Waals surface area (Å²) < 4.78 is 0. The van der Waals surface area contributed by atoms with E-state index in [-0.39, 0.29) is 17.9 Å². The van der Waals surface area contributed by atoms with Crippen molar-refractivity contribution in [1.29, 1.82) is 0 Å². The van der Waals surface area contributed by atoms with Crippen molar-refractivity contribution in [2.75, 3.05) is 5.73 Å². The Balaban J connectivity index is 1.94. The molecule has 2 aromatic rings. The number of anilines is 1. The molecule has 1 aromatic carbocycles. The summed E-state index contributed by atoms with van der Waals surface area (Å²) in [6, 6.07) is 5.73. The Kier molecular flexibility index (Phi) is 3.31. The molecule has 23 heavy (non-hydrogen) atoms. The summed E-state index contributed by atoms with van der Waals surface area (Å²) in [7, 11) is 0. The minimum atomic E-state index is 0.0900. The normalized spacial score (nSPS) is 25.7. The Bertz CT molecular complexity index is 846. The molecule has 0 saturated heterocycles. The summed E-state index contributed by atoms with van der Waals surface area (Å²) in [5.74, 6) is 0.449. The molecule has 0 fully saturated rings. The first kappa shape index (κ1) is 14.5. The van der Waals surface area contributed by atoms with Gasteiger partial charge < -0.3 is 11.1 Å². The molecule has 1 aromatic heterocycles. The fourth-order valence-corrected chi connectivity index (χ4v) is 4.33. The lowest BCUT2D eigenvalue weighted by atomic mass is 9.68. The number of nitrogens with one attached hydrogen (secondary N) is 1. The van der Waals surface area contributed by atoms with Crippen LogP contribution in [0, 0.1) is 5.92 Å². The van der Waals surface area contributed by atoms with Gasteiger partial charge in [-0.05, 0) is 43.5 Å². The van der Waals surface area contributed by atoms with Gasteiger partial charge in [0, 0.05) is 34.0 Å². The van der Waals surface area contributed by atoms with E-state index < -0.39 is 0 Å². The number of allylic oxidation sites excluding steroid dienone is 1. The minimum absolute atomic E-state index is 0.0900. The summed E-state index contributed by atoms with van der Waals surface area (Å²) in [5, 5.41) is 4.60. The topological polar surface area (TPSA) is 68.0 Å². The number of hydrogen-bond donors (Lipinski definition) is 2. The number of nitrogens with zero attached hydrogens (tertiary/aromatic N) is 1. The number of fused-ring (bicyclic) bond motifs is 5. The van der Waals surface area contributed by atoms with Crippen LogP contribution in [0.15, 0.2) is 29.8 Å². The number of pyridine rings is 1. The largest absolute Gasteiger partial charge is 0.398 e. The lowest BCUT2D eigenvalue weighted by molar-refractivity contribution is -0.110. The van der Waals surface area contributed by atoms with Crippen LogP contribution >= 0.6 is 11.6 Å². The average molecular weight is 328 g/mol. The van der Waals surface area contributed by atoms with Crippen LogP contribution in [0.1, 0.15) is 30.5 Å². The van der Waals surface area contributed by atoms with Gasteiger partial charge in [0.1, 0.15) is 0 Å². The van der Waals surface area contributed by atoms with E-state index in [0.29, 0.717) is 5.02 Å². The summed E-state index contributed by atoms with van der Waals surface area (Å²) >= 11 is 6.11. The van der Waals surface area contributed by atoms with Crippen LogP contribution in [-0.4, -0.2) is 17.4 Å². The van der Waals surface area contributed by atoms with Crippen molar-refractivity contribution in [1.82, 2.24) is 10.3 Å². The molecule has 3 atom stereocenters. The van der Waals surface area contributed by atoms with Crippen LogP contribution in [0.4, 0.5) is 5.69 Å². The zero-order valence-corrected chi connectivity index (χ0v) is 13.6. The van der Waals surface area contributed by atoms with E-state index in [0.717, 1.165) is 47.1 Å². The Morgan fingerprint density at radius 3 is 3.00 bits per heavy atom. The van der Waals surface area contributed by atoms with Crippen LogP contribution in [-0.2, 0) is 11.2 Å². The third kappa shape index (κ3) is 2.20. The van der Waals surface area contributed by atoms with Gasteiger partial charge in [-0.1, -0.05) is 23.3 Å². The van der Waals surface area contributed by atoms with Gasteiger partial charge in [0.05, 0.1) is 11.2 Å². The molecular weight excluding hydrogens is 310 g/mol. The van der Waals surface area contributed by atoms with Crippen molar-refractivity contribution >= 4 is 34.6 Å². The molecule has 1 heterocycles. The lowest BCUT2D eigenvalue weighted by Gasteiger charge is -2.41. The van der Waals surface area contributed by atoms with E-state index in [1.165, 1.54) is 5.57 Å². The molecular formula is C18H18ClN3O. The maximum Gasteiger partial charge on any atom is 0.207 e. The standard InChI is InChI=1S/C18H18ClN3O/c1-9-4-10-6-13-16(20)12-3-2-11(19)7-15(12)22-18(13)14(5-9)17(10)21-8-23/h2-4,7-8,10,14,17H,5-6H2,1H3,(H2,20,22)(H,21,23)/t10-,14-,17+/m1/s1. The van der Waals surface area contributed by atoms with Crippen molar-refractivity contribution < 1.29 is 4.79 Å². The van der Waals surface area contributed by atoms with Gasteiger partial charge in [0.15, 0.2) is 0 Å². The van der Waals surface area contributed by atoms with Crippen LogP contribution in [0.3, 0.4) is 0 Å². The number of nitrogen functional groups attached to an aromatic ring is 1. The van der Waals surface area contributed by atoms with Crippen molar-refractivity contribution in [3.63, 3.8) is 0 Å². The second-order valence-electron chi connectivity index (χ2n) is 6.55. The summed E-state index contributed by atoms with van der Waals surface area (Å²) in [6.45, 7) is 2.14. The number of nitrogens with two attached hydrogens (primary N) is 1. The molecule has 3 N–H and O–H groups in total. The molecule has 118 valence electrons. The Labute approximate surface area is 139 Å². The van der Waals surface area contributed by atoms with Crippen molar-refractivity contribution in [3.8, 4) is 0 Å². The predicted octanol–water partition coefficient (Wildman–Crippen LogP) is 3.19. The maximum atomic E-state index is 11.0. The smallest absolute Gasteiger partial charge is 0.207 e. The molecule has 1 amide bonds. The lowest BCUT2D eigenvalue weighted by Crippen LogP contribution is -2.46. The maximum absolute atomic E-state index is 11.0. The van der Waals surface area contributed by atoms with E-state index in [2.05, 4.69) is 18.3 Å². The van der Waals surface area contributed by atoms with Crippen molar-refractivity contribution in [2.45, 2.75) is 31.7 Å². The van der Waals surface area contributed by atoms with E-state index in [1.807, 2.05) is 18.2 Å². The first-order valence-electron chi connectivity index (χ1n) is 7.83. The second kappa shape index (κ2) is 5.24. The number of rotatable bonds is 2. The number of amides is 1. The van der Waals surface area contributed by atoms with Gasteiger partial charge in [-0.25, -0.2) is 0 Å². The van der Waals surface area contributed by atoms with Gasteiger partial charge in [-0.15, -0.1) is 0 Å². The number of carbonyl (C=O) groups is 1. The first-order chi connectivity index (χ1) is 11.1. The summed E-state index contributed by atoms with van der Waals surface area (Å²) in [5.41, 5.74) is 11.6. The Morgan fingerprint density at radius 1 is 1.39 bits per heavy atom. The molecule has 0 aliphatic heterocycles. The quantitative estimate of drug-likeness (QED) is 0.657. The molecule has 0 unspecified atom stereocenters. The third-order valence-electron chi connectivity index (χ3n) is 5.11. The number of halogens is 1. The zero-order valence-electron chi connectivity index (χ0n) is 12.8. The molecule has 2 aliphatic carbocycles. The molecule has 0 saturated carbocycles. The molecule has 2 bridgehead atoms. The van der Waals surface area contributed by atoms with Gasteiger partial charge in [-0.3, -0.25) is 9.78 Å². The third-order valence-corrected chi connectivity index (χ3v) is 5.35. The Hall–Kier alpha value is -2.07. The zero-order chi connectivity index (χ0) is 16.1. The second-order valence-corrected chi connectivity index (χ2v) is 6.99. The molecule has 5 heteroatoms. The fourth-order valence-electron chi connectivity index (χ4n) is 4.16. The SMILES string of the molecule is CC1=C[C@@H]2Cc3c(nc4cc(Cl)ccc4c3N)[C@H](C1)[C@H]2NC=O. The molecule has 4 rings (SSSR count). The number of carbonyl (C=O) groups excluding carboxylic acids is 1. The number of aromatic nitrogens is 1. The van der Waals surface area contributed by atoms with E-state index in [1.54, 1.807) is 0 Å². The van der Waals surface area contributed by atoms with Gasteiger partial charge in [-0.2, -0.15) is 0 Å². The highest BCUT2D eigenvalue weighted by Crippen LogP contribution is 2.45. The predicted molar refractivity (Wildman–Crippen MR) is 92.5 cm³/mol. The number of benzene rings is 1. The monoisotopic (exact) mass is 327 g/mol. The molecule has 2 aliphatic rings. The van der Waals surface area contributed by atoms with Crippen LogP contribution in [0.5, 0.6) is 0 Å². The molecule has 4 nitrogen and oxygen atoms in total. The van der Waals surface area contributed by atoms with Gasteiger partial charge in [0.25, 0.3) is 0 Å². The highest BCUT2D eigenvalue weighted by molar-refractivity contribution is 6.31. The molecule has 0 spiro atoms. The first-order valence-corrected chi connectivity index (χ1v) is 8.20. The van der Waals surface area contributed by atoms with Crippen LogP contribution in [0.2, 0.25) is 5.02 Å². The van der Waals surface area contributed by atoms with E-state index >= 15 is 0 Å². The molecule has 0 radical (unpaired) electrons.